The molecule has 15 heavy (non-hydrogen) atoms. The van der Waals surface area contributed by atoms with E-state index in [1.807, 2.05) is 4.90 Å². The van der Waals surface area contributed by atoms with Gasteiger partial charge in [-0.2, -0.15) is 0 Å². The van der Waals surface area contributed by atoms with Gasteiger partial charge >= 0.3 is 0 Å². The molecule has 0 saturated heterocycles. The lowest BCUT2D eigenvalue weighted by atomic mass is 10.2. The Labute approximate surface area is 96.3 Å². The van der Waals surface area contributed by atoms with Crippen LogP contribution in [0.2, 0.25) is 5.02 Å². The van der Waals surface area contributed by atoms with Gasteiger partial charge in [0.25, 0.3) is 0 Å². The molecule has 78 valence electrons. The maximum Gasteiger partial charge on any atom is 0.143 e. The standard InChI is InChI=1S/C10H8ClFN2S/c11-7-3-10-9(4-8(7)12)14(5-13-15-10)6-1-2-6/h3-6H,1-2H2. The molecule has 1 aromatic rings. The molecular formula is C10H8ClFN2S. The molecule has 2 aliphatic rings. The van der Waals surface area contributed by atoms with E-state index >= 15 is 0 Å². The molecule has 0 aromatic heterocycles. The van der Waals surface area contributed by atoms with Gasteiger partial charge in [0.15, 0.2) is 0 Å². The van der Waals surface area contributed by atoms with Crippen molar-refractivity contribution in [3.63, 3.8) is 0 Å². The Kier molecular flexibility index (Phi) is 2.14. The monoisotopic (exact) mass is 242 g/mol. The number of benzene rings is 1. The second-order valence-corrected chi connectivity index (χ2v) is 4.93. The van der Waals surface area contributed by atoms with Gasteiger partial charge in [-0.15, -0.1) is 0 Å². The van der Waals surface area contributed by atoms with Crippen molar-refractivity contribution in [3.05, 3.63) is 23.0 Å². The van der Waals surface area contributed by atoms with E-state index in [-0.39, 0.29) is 10.8 Å². The summed E-state index contributed by atoms with van der Waals surface area (Å²) in [4.78, 5) is 2.96. The van der Waals surface area contributed by atoms with Gasteiger partial charge in [-0.1, -0.05) is 11.6 Å². The Bertz CT molecular complexity index is 445. The van der Waals surface area contributed by atoms with Gasteiger partial charge in [0.1, 0.15) is 12.2 Å². The maximum absolute atomic E-state index is 13.4. The smallest absolute Gasteiger partial charge is 0.143 e. The van der Waals surface area contributed by atoms with Gasteiger partial charge in [-0.25, -0.2) is 8.79 Å². The molecule has 1 aliphatic carbocycles. The zero-order valence-corrected chi connectivity index (χ0v) is 9.35. The fraction of sp³-hybridized carbons (Fsp3) is 0.300. The number of hydrogen-bond acceptors (Lipinski definition) is 3. The Hall–Kier alpha value is -0.740. The van der Waals surface area contributed by atoms with E-state index in [1.165, 1.54) is 18.0 Å². The van der Waals surface area contributed by atoms with Crippen molar-refractivity contribution in [3.8, 4) is 0 Å². The molecule has 3 rings (SSSR count). The van der Waals surface area contributed by atoms with Crippen molar-refractivity contribution in [2.75, 3.05) is 4.90 Å². The molecule has 1 fully saturated rings. The van der Waals surface area contributed by atoms with E-state index in [1.54, 1.807) is 12.4 Å². The SMILES string of the molecule is Fc1cc2c(cc1Cl)SN=CN2C1CC1. The summed E-state index contributed by atoms with van der Waals surface area (Å²) >= 11 is 7.07. The average Bonchev–Trinajstić information content (AvgIpc) is 3.02. The third kappa shape index (κ3) is 1.62. The fourth-order valence-corrected chi connectivity index (χ4v) is 2.55. The van der Waals surface area contributed by atoms with E-state index < -0.39 is 0 Å². The maximum atomic E-state index is 13.4. The molecule has 1 heterocycles. The topological polar surface area (TPSA) is 15.6 Å². The molecule has 0 N–H and O–H groups in total. The first-order valence-electron chi connectivity index (χ1n) is 4.73. The van der Waals surface area contributed by atoms with Crippen LogP contribution in [0.1, 0.15) is 12.8 Å². The number of hydrogen-bond donors (Lipinski definition) is 0. The molecular weight excluding hydrogens is 235 g/mol. The number of halogens is 2. The highest BCUT2D eigenvalue weighted by Gasteiger charge is 2.31. The van der Waals surface area contributed by atoms with Crippen molar-refractivity contribution in [2.45, 2.75) is 23.8 Å². The largest absolute Gasteiger partial charge is 0.328 e. The third-order valence-corrected chi connectivity index (χ3v) is 3.56. The van der Waals surface area contributed by atoms with Crippen LogP contribution < -0.4 is 4.90 Å². The molecule has 1 saturated carbocycles. The lowest BCUT2D eigenvalue weighted by Gasteiger charge is -2.24. The predicted molar refractivity (Wildman–Crippen MR) is 61.3 cm³/mol. The van der Waals surface area contributed by atoms with Crippen LogP contribution in [0.25, 0.3) is 0 Å². The molecule has 5 heteroatoms. The second kappa shape index (κ2) is 3.39. The van der Waals surface area contributed by atoms with Crippen LogP contribution in [0.4, 0.5) is 10.1 Å². The Morgan fingerprint density at radius 2 is 2.27 bits per heavy atom. The molecule has 1 aliphatic heterocycles. The van der Waals surface area contributed by atoms with Crippen molar-refractivity contribution >= 4 is 35.6 Å². The number of rotatable bonds is 1. The first-order valence-corrected chi connectivity index (χ1v) is 5.89. The first-order chi connectivity index (χ1) is 7.25. The van der Waals surface area contributed by atoms with E-state index in [9.17, 15) is 4.39 Å². The Balaban J connectivity index is 2.08. The molecule has 1 aromatic carbocycles. The Morgan fingerprint density at radius 3 is 3.00 bits per heavy atom. The van der Waals surface area contributed by atoms with Gasteiger partial charge < -0.3 is 4.90 Å². The lowest BCUT2D eigenvalue weighted by Crippen LogP contribution is -2.25. The van der Waals surface area contributed by atoms with Gasteiger partial charge in [-0.3, -0.25) is 0 Å². The van der Waals surface area contributed by atoms with Crippen LogP contribution in [0.15, 0.2) is 21.4 Å². The summed E-state index contributed by atoms with van der Waals surface area (Å²) in [5, 5.41) is 0.161. The molecule has 2 nitrogen and oxygen atoms in total. The Morgan fingerprint density at radius 1 is 1.47 bits per heavy atom. The van der Waals surface area contributed by atoms with Crippen LogP contribution in [0.5, 0.6) is 0 Å². The van der Waals surface area contributed by atoms with E-state index in [0.717, 1.165) is 23.4 Å². The van der Waals surface area contributed by atoms with Gasteiger partial charge in [0.2, 0.25) is 0 Å². The van der Waals surface area contributed by atoms with E-state index in [2.05, 4.69) is 4.40 Å². The minimum absolute atomic E-state index is 0.161. The van der Waals surface area contributed by atoms with Crippen LogP contribution in [0.3, 0.4) is 0 Å². The highest BCUT2D eigenvalue weighted by Crippen LogP contribution is 2.41. The van der Waals surface area contributed by atoms with Crippen molar-refractivity contribution in [2.24, 2.45) is 4.40 Å². The quantitative estimate of drug-likeness (QED) is 0.701. The highest BCUT2D eigenvalue weighted by molar-refractivity contribution is 7.98. The summed E-state index contributed by atoms with van der Waals surface area (Å²) < 4.78 is 17.5. The first kappa shape index (κ1) is 9.48. The summed E-state index contributed by atoms with van der Waals surface area (Å²) in [5.74, 6) is -0.364. The summed E-state index contributed by atoms with van der Waals surface area (Å²) in [5.41, 5.74) is 0.888. The third-order valence-electron chi connectivity index (χ3n) is 2.54. The lowest BCUT2D eigenvalue weighted by molar-refractivity contribution is 0.626. The molecule has 0 amide bonds. The molecule has 0 atom stereocenters. The van der Waals surface area contributed by atoms with Crippen LogP contribution in [-0.4, -0.2) is 12.4 Å². The van der Waals surface area contributed by atoms with Gasteiger partial charge in [0, 0.05) is 24.1 Å². The highest BCUT2D eigenvalue weighted by atomic mass is 35.5. The van der Waals surface area contributed by atoms with E-state index in [0.29, 0.717) is 6.04 Å². The number of anilines is 1. The van der Waals surface area contributed by atoms with Crippen molar-refractivity contribution in [1.82, 2.24) is 0 Å². The molecule has 0 bridgehead atoms. The minimum Gasteiger partial charge on any atom is -0.328 e. The zero-order valence-electron chi connectivity index (χ0n) is 7.78. The van der Waals surface area contributed by atoms with E-state index in [4.69, 9.17) is 11.6 Å². The number of nitrogens with zero attached hydrogens (tertiary/aromatic N) is 2. The zero-order chi connectivity index (χ0) is 10.4. The number of fused-ring (bicyclic) bond motifs is 1. The van der Waals surface area contributed by atoms with Crippen LogP contribution in [0, 0.1) is 5.82 Å². The summed E-state index contributed by atoms with van der Waals surface area (Å²) in [6.45, 7) is 0. The summed E-state index contributed by atoms with van der Waals surface area (Å²) in [6, 6.07) is 3.63. The van der Waals surface area contributed by atoms with Gasteiger partial charge in [-0.05, 0) is 18.9 Å². The summed E-state index contributed by atoms with van der Waals surface area (Å²) in [6.07, 6.45) is 4.08. The second-order valence-electron chi connectivity index (χ2n) is 3.68. The molecule has 0 unspecified atom stereocenters. The molecule has 0 spiro atoms. The summed E-state index contributed by atoms with van der Waals surface area (Å²) in [7, 11) is 0. The van der Waals surface area contributed by atoms with Gasteiger partial charge in [0.05, 0.1) is 15.6 Å². The van der Waals surface area contributed by atoms with Crippen LogP contribution in [-0.2, 0) is 0 Å². The van der Waals surface area contributed by atoms with Crippen molar-refractivity contribution < 1.29 is 4.39 Å². The normalized spacial score (nSPS) is 19.2. The fourth-order valence-electron chi connectivity index (χ4n) is 1.63. The van der Waals surface area contributed by atoms with Crippen LogP contribution >= 0.6 is 23.5 Å². The minimum atomic E-state index is -0.364. The average molecular weight is 243 g/mol. The predicted octanol–water partition coefficient (Wildman–Crippen LogP) is 3.50. The molecule has 0 radical (unpaired) electrons. The van der Waals surface area contributed by atoms with Crippen molar-refractivity contribution in [1.29, 1.82) is 0 Å².